The lowest BCUT2D eigenvalue weighted by Crippen LogP contribution is -2.42. The first-order chi connectivity index (χ1) is 12.3. The van der Waals surface area contributed by atoms with Crippen LogP contribution in [0, 0.1) is 0 Å². The fraction of sp³-hybridized carbons (Fsp3) is 0.409. The molecule has 2 aromatic carbocycles. The molecule has 0 heterocycles. The third-order valence-corrected chi connectivity index (χ3v) is 3.99. The van der Waals surface area contributed by atoms with Crippen molar-refractivity contribution in [3.05, 3.63) is 65.7 Å². The van der Waals surface area contributed by atoms with Crippen molar-refractivity contribution in [2.75, 3.05) is 13.2 Å². The first kappa shape index (κ1) is 20.1. The average molecular weight is 355 g/mol. The number of hydrogen-bond acceptors (Lipinski definition) is 4. The standard InChI is InChI=1S/C22H29NO3/c1-22(2,3)23-15-19(24)16-26-21-12-8-7-11-18(21)13-14-20(25)17-9-5-4-6-10-17/h4-12,19,23-24H,13-16H2,1-3H3. The Labute approximate surface area is 156 Å². The van der Waals surface area contributed by atoms with E-state index in [1.54, 1.807) is 0 Å². The molecule has 0 aliphatic carbocycles. The van der Waals surface area contributed by atoms with Crippen LogP contribution in [0.1, 0.15) is 43.1 Å². The second kappa shape index (κ2) is 9.51. The maximum atomic E-state index is 12.3. The molecule has 1 unspecified atom stereocenters. The van der Waals surface area contributed by atoms with Gasteiger partial charge < -0.3 is 15.2 Å². The number of aliphatic hydroxyl groups is 1. The van der Waals surface area contributed by atoms with E-state index in [1.165, 1.54) is 0 Å². The number of aryl methyl sites for hydroxylation is 1. The molecule has 1 atom stereocenters. The van der Waals surface area contributed by atoms with Gasteiger partial charge in [-0.25, -0.2) is 0 Å². The molecule has 4 nitrogen and oxygen atoms in total. The Morgan fingerprint density at radius 1 is 1.08 bits per heavy atom. The number of ketones is 1. The van der Waals surface area contributed by atoms with E-state index in [4.69, 9.17) is 4.74 Å². The minimum atomic E-state index is -0.590. The summed E-state index contributed by atoms with van der Waals surface area (Å²) < 4.78 is 5.80. The number of Topliss-reactive ketones (excluding diaryl/α,β-unsaturated/α-hetero) is 1. The summed E-state index contributed by atoms with van der Waals surface area (Å²) in [4.78, 5) is 12.3. The summed E-state index contributed by atoms with van der Waals surface area (Å²) in [6, 6.07) is 17.0. The minimum Gasteiger partial charge on any atom is -0.491 e. The maximum absolute atomic E-state index is 12.3. The van der Waals surface area contributed by atoms with Crippen LogP contribution in [0.25, 0.3) is 0 Å². The van der Waals surface area contributed by atoms with E-state index in [0.29, 0.717) is 19.4 Å². The van der Waals surface area contributed by atoms with Crippen LogP contribution in [-0.2, 0) is 6.42 Å². The van der Waals surface area contributed by atoms with E-state index < -0.39 is 6.10 Å². The van der Waals surface area contributed by atoms with Gasteiger partial charge in [-0.05, 0) is 38.8 Å². The molecule has 0 radical (unpaired) electrons. The van der Waals surface area contributed by atoms with Crippen molar-refractivity contribution < 1.29 is 14.6 Å². The summed E-state index contributed by atoms with van der Waals surface area (Å²) in [6.45, 7) is 6.85. The molecule has 0 aliphatic heterocycles. The number of benzene rings is 2. The van der Waals surface area contributed by atoms with Crippen molar-refractivity contribution in [1.29, 1.82) is 0 Å². The maximum Gasteiger partial charge on any atom is 0.163 e. The summed E-state index contributed by atoms with van der Waals surface area (Å²) in [6.07, 6.45) is 0.451. The molecule has 0 saturated carbocycles. The highest BCUT2D eigenvalue weighted by atomic mass is 16.5. The lowest BCUT2D eigenvalue weighted by Gasteiger charge is -2.23. The molecule has 0 fully saturated rings. The fourth-order valence-corrected chi connectivity index (χ4v) is 2.54. The summed E-state index contributed by atoms with van der Waals surface area (Å²) >= 11 is 0. The topological polar surface area (TPSA) is 58.6 Å². The Hall–Kier alpha value is -2.17. The van der Waals surface area contributed by atoms with E-state index in [-0.39, 0.29) is 17.9 Å². The molecule has 140 valence electrons. The third kappa shape index (κ3) is 6.98. The number of para-hydroxylation sites is 1. The number of nitrogens with one attached hydrogen (secondary N) is 1. The normalized spacial score (nSPS) is 12.6. The summed E-state index contributed by atoms with van der Waals surface area (Å²) in [7, 11) is 0. The Morgan fingerprint density at radius 3 is 2.42 bits per heavy atom. The molecular formula is C22H29NO3. The van der Waals surface area contributed by atoms with Gasteiger partial charge in [0.1, 0.15) is 18.5 Å². The van der Waals surface area contributed by atoms with Crippen molar-refractivity contribution in [3.63, 3.8) is 0 Å². The Kier molecular flexibility index (Phi) is 7.37. The molecule has 0 aromatic heterocycles. The SMILES string of the molecule is CC(C)(C)NCC(O)COc1ccccc1CCC(=O)c1ccccc1. The second-order valence-electron chi connectivity index (χ2n) is 7.49. The van der Waals surface area contributed by atoms with E-state index in [1.807, 2.05) is 54.6 Å². The van der Waals surface area contributed by atoms with Gasteiger partial charge in [-0.1, -0.05) is 48.5 Å². The van der Waals surface area contributed by atoms with Gasteiger partial charge in [0.25, 0.3) is 0 Å². The van der Waals surface area contributed by atoms with Crippen molar-refractivity contribution in [1.82, 2.24) is 5.32 Å². The second-order valence-corrected chi connectivity index (χ2v) is 7.49. The van der Waals surface area contributed by atoms with Gasteiger partial charge in [0.05, 0.1) is 0 Å². The number of carbonyl (C=O) groups excluding carboxylic acids is 1. The smallest absolute Gasteiger partial charge is 0.163 e. The molecule has 0 amide bonds. The Bertz CT molecular complexity index is 692. The zero-order valence-electron chi connectivity index (χ0n) is 15.9. The zero-order valence-corrected chi connectivity index (χ0v) is 15.9. The highest BCUT2D eigenvalue weighted by Gasteiger charge is 2.14. The molecule has 0 aliphatic rings. The first-order valence-electron chi connectivity index (χ1n) is 9.07. The van der Waals surface area contributed by atoms with Crippen LogP contribution >= 0.6 is 0 Å². The van der Waals surface area contributed by atoms with E-state index in [0.717, 1.165) is 16.9 Å². The molecule has 2 N–H and O–H groups in total. The van der Waals surface area contributed by atoms with Gasteiger partial charge in [-0.15, -0.1) is 0 Å². The number of rotatable bonds is 9. The van der Waals surface area contributed by atoms with Crippen LogP contribution in [0.2, 0.25) is 0 Å². The van der Waals surface area contributed by atoms with Crippen LogP contribution in [0.15, 0.2) is 54.6 Å². The molecule has 4 heteroatoms. The highest BCUT2D eigenvalue weighted by molar-refractivity contribution is 5.96. The zero-order chi connectivity index (χ0) is 19.0. The average Bonchev–Trinajstić information content (AvgIpc) is 2.63. The van der Waals surface area contributed by atoms with Crippen LogP contribution in [0.4, 0.5) is 0 Å². The summed E-state index contributed by atoms with van der Waals surface area (Å²) in [5.41, 5.74) is 1.67. The minimum absolute atomic E-state index is 0.0450. The molecule has 0 spiro atoms. The van der Waals surface area contributed by atoms with Crippen LogP contribution < -0.4 is 10.1 Å². The number of β-amino-alcohol motifs (C(OH)–C–C–N with tert-alkyl or cyclic N) is 1. The molecule has 2 rings (SSSR count). The molecule has 26 heavy (non-hydrogen) atoms. The lowest BCUT2D eigenvalue weighted by molar-refractivity contribution is 0.0972. The van der Waals surface area contributed by atoms with Gasteiger partial charge in [0, 0.05) is 24.1 Å². The molecular weight excluding hydrogens is 326 g/mol. The third-order valence-electron chi connectivity index (χ3n) is 3.99. The van der Waals surface area contributed by atoms with Crippen molar-refractivity contribution in [2.45, 2.75) is 45.3 Å². The van der Waals surface area contributed by atoms with Crippen LogP contribution in [0.5, 0.6) is 5.75 Å². The Balaban J connectivity index is 1.88. The molecule has 0 saturated heterocycles. The lowest BCUT2D eigenvalue weighted by atomic mass is 10.0. The largest absolute Gasteiger partial charge is 0.491 e. The predicted molar refractivity (Wildman–Crippen MR) is 105 cm³/mol. The molecule has 0 bridgehead atoms. The van der Waals surface area contributed by atoms with Gasteiger partial charge >= 0.3 is 0 Å². The number of hydrogen-bond donors (Lipinski definition) is 2. The number of ether oxygens (including phenoxy) is 1. The summed E-state index contributed by atoms with van der Waals surface area (Å²) in [5.74, 6) is 0.845. The quantitative estimate of drug-likeness (QED) is 0.675. The van der Waals surface area contributed by atoms with Crippen LogP contribution in [0.3, 0.4) is 0 Å². The van der Waals surface area contributed by atoms with E-state index in [9.17, 15) is 9.90 Å². The monoisotopic (exact) mass is 355 g/mol. The predicted octanol–water partition coefficient (Wildman–Crippen LogP) is 3.63. The number of carbonyl (C=O) groups is 1. The van der Waals surface area contributed by atoms with Gasteiger partial charge in [0.2, 0.25) is 0 Å². The van der Waals surface area contributed by atoms with Gasteiger partial charge in [-0.3, -0.25) is 4.79 Å². The van der Waals surface area contributed by atoms with Gasteiger partial charge in [0.15, 0.2) is 5.78 Å². The van der Waals surface area contributed by atoms with Crippen LogP contribution in [-0.4, -0.2) is 35.7 Å². The Morgan fingerprint density at radius 2 is 1.73 bits per heavy atom. The van der Waals surface area contributed by atoms with Crippen molar-refractivity contribution >= 4 is 5.78 Å². The van der Waals surface area contributed by atoms with Gasteiger partial charge in [-0.2, -0.15) is 0 Å². The first-order valence-corrected chi connectivity index (χ1v) is 9.07. The van der Waals surface area contributed by atoms with Crippen molar-refractivity contribution in [2.24, 2.45) is 0 Å². The highest BCUT2D eigenvalue weighted by Crippen LogP contribution is 2.20. The van der Waals surface area contributed by atoms with E-state index in [2.05, 4.69) is 26.1 Å². The fourth-order valence-electron chi connectivity index (χ4n) is 2.54. The van der Waals surface area contributed by atoms with E-state index >= 15 is 0 Å². The number of aliphatic hydroxyl groups excluding tert-OH is 1. The molecule has 2 aromatic rings. The van der Waals surface area contributed by atoms with Crippen molar-refractivity contribution in [3.8, 4) is 5.75 Å². The summed E-state index contributed by atoms with van der Waals surface area (Å²) in [5, 5.41) is 13.3.